The molecule has 13 heavy (non-hydrogen) atoms. The Kier molecular flexibility index (Phi) is 2.82. The molecule has 2 nitrogen and oxygen atoms in total. The van der Waals surface area contributed by atoms with Gasteiger partial charge in [-0.25, -0.2) is 4.39 Å². The summed E-state index contributed by atoms with van der Waals surface area (Å²) in [6.07, 6.45) is 0. The zero-order valence-electron chi connectivity index (χ0n) is 7.58. The first-order valence-electron chi connectivity index (χ1n) is 3.94. The fourth-order valence-corrected chi connectivity index (χ4v) is 2.39. The van der Waals surface area contributed by atoms with Crippen molar-refractivity contribution >= 4 is 20.0 Å². The van der Waals surface area contributed by atoms with Gasteiger partial charge < -0.3 is 4.43 Å². The Balaban J connectivity index is 2.93. The van der Waals surface area contributed by atoms with Crippen molar-refractivity contribution in [1.29, 1.82) is 0 Å². The van der Waals surface area contributed by atoms with Crippen LogP contribution < -0.4 is 5.19 Å². The van der Waals surface area contributed by atoms with Gasteiger partial charge in [-0.2, -0.15) is 0 Å². The summed E-state index contributed by atoms with van der Waals surface area (Å²) in [6.45, 7) is 4.22. The van der Waals surface area contributed by atoms with Crippen LogP contribution in [0.2, 0.25) is 13.1 Å². The van der Waals surface area contributed by atoms with E-state index in [0.717, 1.165) is 5.19 Å². The lowest BCUT2D eigenvalue weighted by atomic mass is 10.3. The van der Waals surface area contributed by atoms with Gasteiger partial charge in [0.25, 0.3) is 14.8 Å². The minimum absolute atomic E-state index is 0.278. The van der Waals surface area contributed by atoms with Crippen LogP contribution in [0.4, 0.5) is 4.39 Å². The molecule has 0 bridgehead atoms. The van der Waals surface area contributed by atoms with Crippen molar-refractivity contribution in [3.8, 4) is 0 Å². The third-order valence-electron chi connectivity index (χ3n) is 1.88. The third kappa shape index (κ3) is 2.38. The van der Waals surface area contributed by atoms with Crippen molar-refractivity contribution in [2.45, 2.75) is 13.1 Å². The van der Waals surface area contributed by atoms with Crippen LogP contribution in [-0.4, -0.2) is 14.8 Å². The van der Waals surface area contributed by atoms with Gasteiger partial charge in [0.05, 0.1) is 0 Å². The van der Waals surface area contributed by atoms with E-state index in [1.807, 2.05) is 13.1 Å². The molecule has 1 rings (SSSR count). The summed E-state index contributed by atoms with van der Waals surface area (Å²) in [5.74, 6) is -0.278. The van der Waals surface area contributed by atoms with Crippen molar-refractivity contribution in [3.05, 3.63) is 30.1 Å². The molecule has 0 heterocycles. The molecule has 0 aliphatic rings. The lowest BCUT2D eigenvalue weighted by Gasteiger charge is -2.19. The maximum atomic E-state index is 12.6. The predicted molar refractivity (Wildman–Crippen MR) is 50.7 cm³/mol. The van der Waals surface area contributed by atoms with E-state index in [1.165, 1.54) is 12.1 Å². The minimum atomic E-state index is -2.14. The Morgan fingerprint density at radius 2 is 1.85 bits per heavy atom. The van der Waals surface area contributed by atoms with E-state index in [-0.39, 0.29) is 5.82 Å². The topological polar surface area (TPSA) is 26.3 Å². The molecule has 0 fully saturated rings. The fourth-order valence-electron chi connectivity index (χ4n) is 1.04. The van der Waals surface area contributed by atoms with Crippen LogP contribution in [0.5, 0.6) is 0 Å². The molecule has 0 amide bonds. The summed E-state index contributed by atoms with van der Waals surface area (Å²) < 4.78 is 17.6. The van der Waals surface area contributed by atoms with E-state index >= 15 is 0 Å². The van der Waals surface area contributed by atoms with E-state index in [0.29, 0.717) is 6.47 Å². The maximum absolute atomic E-state index is 12.6. The SMILES string of the molecule is C[Si](C)(OC=O)c1ccc(F)cc1. The molecule has 0 unspecified atom stereocenters. The largest absolute Gasteiger partial charge is 0.517 e. The van der Waals surface area contributed by atoms with Gasteiger partial charge in [0.15, 0.2) is 0 Å². The molecule has 70 valence electrons. The van der Waals surface area contributed by atoms with Gasteiger partial charge in [-0.1, -0.05) is 12.1 Å². The number of carbonyl (C=O) groups is 1. The van der Waals surface area contributed by atoms with Crippen molar-refractivity contribution < 1.29 is 13.6 Å². The number of benzene rings is 1. The lowest BCUT2D eigenvalue weighted by molar-refractivity contribution is -0.121. The van der Waals surface area contributed by atoms with E-state index in [9.17, 15) is 9.18 Å². The molecular weight excluding hydrogens is 187 g/mol. The summed E-state index contributed by atoms with van der Waals surface area (Å²) in [4.78, 5) is 10.2. The second kappa shape index (κ2) is 3.70. The second-order valence-corrected chi connectivity index (χ2v) is 7.06. The molecule has 0 spiro atoms. The van der Waals surface area contributed by atoms with Crippen molar-refractivity contribution in [2.24, 2.45) is 0 Å². The van der Waals surface area contributed by atoms with E-state index in [4.69, 9.17) is 4.43 Å². The Morgan fingerprint density at radius 1 is 1.31 bits per heavy atom. The van der Waals surface area contributed by atoms with Crippen molar-refractivity contribution in [3.63, 3.8) is 0 Å². The van der Waals surface area contributed by atoms with Crippen LogP contribution in [0.3, 0.4) is 0 Å². The van der Waals surface area contributed by atoms with Gasteiger partial charge in [-0.3, -0.25) is 4.79 Å². The first kappa shape index (κ1) is 9.92. The molecule has 0 N–H and O–H groups in total. The number of halogens is 1. The monoisotopic (exact) mass is 198 g/mol. The van der Waals surface area contributed by atoms with Gasteiger partial charge in [0, 0.05) is 0 Å². The van der Waals surface area contributed by atoms with E-state index in [1.54, 1.807) is 12.1 Å². The summed E-state index contributed by atoms with van der Waals surface area (Å²) in [5.41, 5.74) is 0. The molecular formula is C9H11FO2Si. The number of carbonyl (C=O) groups excluding carboxylic acids is 1. The number of hydrogen-bond acceptors (Lipinski definition) is 2. The Bertz CT molecular complexity index is 295. The highest BCUT2D eigenvalue weighted by atomic mass is 28.4. The maximum Gasteiger partial charge on any atom is 0.280 e. The number of hydrogen-bond donors (Lipinski definition) is 0. The molecule has 0 atom stereocenters. The van der Waals surface area contributed by atoms with Crippen LogP contribution in [0.1, 0.15) is 0 Å². The molecule has 1 aromatic rings. The summed E-state index contributed by atoms with van der Waals surface area (Å²) in [5, 5.41) is 0.904. The van der Waals surface area contributed by atoms with Crippen LogP contribution >= 0.6 is 0 Å². The fraction of sp³-hybridized carbons (Fsp3) is 0.222. The van der Waals surface area contributed by atoms with Crippen molar-refractivity contribution in [2.75, 3.05) is 0 Å². The molecule has 1 aromatic carbocycles. The minimum Gasteiger partial charge on any atom is -0.517 e. The molecule has 0 aliphatic heterocycles. The predicted octanol–water partition coefficient (Wildman–Crippen LogP) is 1.41. The Hall–Kier alpha value is -1.16. The molecule has 0 saturated heterocycles. The zero-order valence-corrected chi connectivity index (χ0v) is 8.58. The average molecular weight is 198 g/mol. The summed E-state index contributed by atoms with van der Waals surface area (Å²) in [7, 11) is -2.14. The van der Waals surface area contributed by atoms with Crippen LogP contribution in [0.25, 0.3) is 0 Å². The molecule has 0 aliphatic carbocycles. The average Bonchev–Trinajstić information content (AvgIpc) is 2.05. The van der Waals surface area contributed by atoms with Gasteiger partial charge in [-0.15, -0.1) is 0 Å². The number of rotatable bonds is 3. The van der Waals surface area contributed by atoms with Gasteiger partial charge in [0.1, 0.15) is 5.82 Å². The zero-order chi connectivity index (χ0) is 9.90. The first-order valence-corrected chi connectivity index (χ1v) is 6.84. The van der Waals surface area contributed by atoms with Crippen molar-refractivity contribution in [1.82, 2.24) is 0 Å². The lowest BCUT2D eigenvalue weighted by Crippen LogP contribution is -2.44. The third-order valence-corrected chi connectivity index (χ3v) is 4.29. The smallest absolute Gasteiger partial charge is 0.280 e. The summed E-state index contributed by atoms with van der Waals surface area (Å²) in [6, 6.07) is 6.06. The normalized spacial score (nSPS) is 11.0. The van der Waals surface area contributed by atoms with E-state index < -0.39 is 8.32 Å². The molecule has 4 heteroatoms. The van der Waals surface area contributed by atoms with Crippen LogP contribution in [0.15, 0.2) is 24.3 Å². The highest BCUT2D eigenvalue weighted by Gasteiger charge is 2.26. The van der Waals surface area contributed by atoms with E-state index in [2.05, 4.69) is 0 Å². The van der Waals surface area contributed by atoms with Gasteiger partial charge >= 0.3 is 0 Å². The highest BCUT2D eigenvalue weighted by Crippen LogP contribution is 2.04. The Labute approximate surface area is 77.5 Å². The van der Waals surface area contributed by atoms with Gasteiger partial charge in [-0.05, 0) is 30.4 Å². The first-order chi connectivity index (χ1) is 6.06. The Morgan fingerprint density at radius 3 is 2.31 bits per heavy atom. The van der Waals surface area contributed by atoms with Crippen LogP contribution in [0, 0.1) is 5.82 Å². The standard InChI is InChI=1S/C9H11FO2Si/c1-13(2,12-7-11)9-5-3-8(10)4-6-9/h3-7H,1-2H3. The van der Waals surface area contributed by atoms with Gasteiger partial charge in [0.2, 0.25) is 0 Å². The molecule has 0 saturated carbocycles. The van der Waals surface area contributed by atoms with Crippen LogP contribution in [-0.2, 0) is 9.22 Å². The summed E-state index contributed by atoms with van der Waals surface area (Å²) >= 11 is 0. The highest BCUT2D eigenvalue weighted by molar-refractivity contribution is 6.85. The molecule has 0 radical (unpaired) electrons. The molecule has 0 aromatic heterocycles. The quantitative estimate of drug-likeness (QED) is 0.542. The second-order valence-electron chi connectivity index (χ2n) is 3.23.